The highest BCUT2D eigenvalue weighted by molar-refractivity contribution is 5.84. The van der Waals surface area contributed by atoms with Crippen LogP contribution >= 0.6 is 0 Å². The van der Waals surface area contributed by atoms with Gasteiger partial charge >= 0.3 is 5.97 Å². The van der Waals surface area contributed by atoms with E-state index < -0.39 is 17.3 Å². The highest BCUT2D eigenvalue weighted by Gasteiger charge is 2.46. The van der Waals surface area contributed by atoms with Crippen LogP contribution in [-0.2, 0) is 9.59 Å². The van der Waals surface area contributed by atoms with Crippen LogP contribution in [0.1, 0.15) is 31.2 Å². The van der Waals surface area contributed by atoms with Crippen molar-refractivity contribution in [3.63, 3.8) is 0 Å². The molecule has 3 rings (SSSR count). The number of hydrogen-bond donors (Lipinski definition) is 2. The molecule has 2 unspecified atom stereocenters. The van der Waals surface area contributed by atoms with Crippen molar-refractivity contribution in [2.24, 2.45) is 11.3 Å². The molecule has 0 spiro atoms. The Morgan fingerprint density at radius 2 is 1.89 bits per heavy atom. The molecule has 0 aromatic heterocycles. The van der Waals surface area contributed by atoms with E-state index >= 15 is 0 Å². The van der Waals surface area contributed by atoms with E-state index in [1.54, 1.807) is 25.2 Å². The Bertz CT molecular complexity index is 714. The Hall–Kier alpha value is -2.28. The molecule has 2 N–H and O–H groups in total. The van der Waals surface area contributed by atoms with Crippen molar-refractivity contribution >= 4 is 11.9 Å². The van der Waals surface area contributed by atoms with Gasteiger partial charge in [-0.1, -0.05) is 19.1 Å². The summed E-state index contributed by atoms with van der Waals surface area (Å²) in [6.07, 6.45) is 1.54. The monoisotopic (exact) mass is 376 g/mol. The second-order valence-electron chi connectivity index (χ2n) is 7.65. The lowest BCUT2D eigenvalue weighted by atomic mass is 9.79. The molecular formula is C20H28N2O5. The Morgan fingerprint density at radius 1 is 1.19 bits per heavy atom. The van der Waals surface area contributed by atoms with Crippen LogP contribution in [0.2, 0.25) is 0 Å². The first-order chi connectivity index (χ1) is 12.9. The predicted molar refractivity (Wildman–Crippen MR) is 100 cm³/mol. The van der Waals surface area contributed by atoms with Crippen LogP contribution in [0.3, 0.4) is 0 Å². The molecule has 1 aromatic rings. The molecule has 2 fully saturated rings. The van der Waals surface area contributed by atoms with Gasteiger partial charge < -0.3 is 24.8 Å². The summed E-state index contributed by atoms with van der Waals surface area (Å²) < 4.78 is 10.9. The highest BCUT2D eigenvalue weighted by atomic mass is 16.5. The number of carboxylic acids is 1. The fraction of sp³-hybridized carbons (Fsp3) is 0.600. The lowest BCUT2D eigenvalue weighted by molar-refractivity contribution is -0.143. The molecule has 27 heavy (non-hydrogen) atoms. The number of carbonyl (C=O) groups excluding carboxylic acids is 1. The van der Waals surface area contributed by atoms with Crippen molar-refractivity contribution < 1.29 is 24.2 Å². The Labute approximate surface area is 159 Å². The maximum atomic E-state index is 13.2. The third-order valence-corrected chi connectivity index (χ3v) is 5.98. The van der Waals surface area contributed by atoms with Gasteiger partial charge in [-0.15, -0.1) is 0 Å². The van der Waals surface area contributed by atoms with Crippen LogP contribution < -0.4 is 14.8 Å². The number of para-hydroxylation sites is 1. The summed E-state index contributed by atoms with van der Waals surface area (Å²) in [5, 5.41) is 13.1. The molecule has 0 radical (unpaired) electrons. The fourth-order valence-corrected chi connectivity index (χ4v) is 4.31. The Balaban J connectivity index is 1.90. The van der Waals surface area contributed by atoms with Crippen molar-refractivity contribution in [2.45, 2.75) is 25.7 Å². The molecule has 1 aromatic carbocycles. The third-order valence-electron chi connectivity index (χ3n) is 5.98. The molecular weight excluding hydrogens is 348 g/mol. The van der Waals surface area contributed by atoms with E-state index in [1.165, 1.54) is 0 Å². The first-order valence-electron chi connectivity index (χ1n) is 9.35. The van der Waals surface area contributed by atoms with Gasteiger partial charge in [-0.05, 0) is 32.0 Å². The standard InChI is InChI=1S/C20H28N2O5/c1-20(7-9-21-10-8-20)19(25)22-11-14(15(12-22)18(23)24)13-5-4-6-16(26-2)17(13)27-3/h4-6,14-15,21H,7-12H2,1-3H3,(H,23,24). The lowest BCUT2D eigenvalue weighted by Gasteiger charge is -2.36. The number of hydrogen-bond acceptors (Lipinski definition) is 5. The van der Waals surface area contributed by atoms with Gasteiger partial charge in [-0.25, -0.2) is 0 Å². The number of benzene rings is 1. The topological polar surface area (TPSA) is 88.1 Å². The van der Waals surface area contributed by atoms with Crippen LogP contribution in [0.5, 0.6) is 11.5 Å². The van der Waals surface area contributed by atoms with Crippen molar-refractivity contribution in [2.75, 3.05) is 40.4 Å². The van der Waals surface area contributed by atoms with Crippen LogP contribution in [0, 0.1) is 11.3 Å². The number of aliphatic carboxylic acids is 1. The zero-order valence-corrected chi connectivity index (χ0v) is 16.2. The quantitative estimate of drug-likeness (QED) is 0.814. The van der Waals surface area contributed by atoms with Crippen LogP contribution in [0.4, 0.5) is 0 Å². The maximum absolute atomic E-state index is 13.2. The molecule has 2 atom stereocenters. The van der Waals surface area contributed by atoms with E-state index in [9.17, 15) is 14.7 Å². The molecule has 0 bridgehead atoms. The van der Waals surface area contributed by atoms with Gasteiger partial charge in [0.15, 0.2) is 11.5 Å². The van der Waals surface area contributed by atoms with Gasteiger partial charge in [-0.3, -0.25) is 9.59 Å². The van der Waals surface area contributed by atoms with E-state index in [0.29, 0.717) is 18.0 Å². The number of rotatable bonds is 5. The predicted octanol–water partition coefficient (Wildman–Crippen LogP) is 1.72. The van der Waals surface area contributed by atoms with Gasteiger partial charge in [0.25, 0.3) is 0 Å². The summed E-state index contributed by atoms with van der Waals surface area (Å²) in [6, 6.07) is 5.47. The van der Waals surface area contributed by atoms with Crippen molar-refractivity contribution in [1.29, 1.82) is 0 Å². The number of carboxylic acid groups (broad SMARTS) is 1. The van der Waals surface area contributed by atoms with Gasteiger partial charge in [-0.2, -0.15) is 0 Å². The number of piperidine rings is 1. The van der Waals surface area contributed by atoms with Crippen LogP contribution in [0.25, 0.3) is 0 Å². The summed E-state index contributed by atoms with van der Waals surface area (Å²) in [5.74, 6) is -0.731. The van der Waals surface area contributed by atoms with Crippen molar-refractivity contribution in [1.82, 2.24) is 10.2 Å². The zero-order chi connectivity index (χ0) is 19.6. The maximum Gasteiger partial charge on any atom is 0.308 e. The van der Waals surface area contributed by atoms with Crippen LogP contribution in [0.15, 0.2) is 18.2 Å². The van der Waals surface area contributed by atoms with Gasteiger partial charge in [0.1, 0.15) is 0 Å². The minimum absolute atomic E-state index is 0.0552. The molecule has 2 heterocycles. The molecule has 2 saturated heterocycles. The summed E-state index contributed by atoms with van der Waals surface area (Å²) in [5.41, 5.74) is 0.344. The third kappa shape index (κ3) is 3.60. The lowest BCUT2D eigenvalue weighted by Crippen LogP contribution is -2.47. The van der Waals surface area contributed by atoms with Gasteiger partial charge in [0.05, 0.1) is 20.1 Å². The van der Waals surface area contributed by atoms with E-state index in [1.807, 2.05) is 19.1 Å². The molecule has 7 nitrogen and oxygen atoms in total. The van der Waals surface area contributed by atoms with E-state index in [2.05, 4.69) is 5.32 Å². The summed E-state index contributed by atoms with van der Waals surface area (Å²) in [7, 11) is 3.10. The van der Waals surface area contributed by atoms with Crippen molar-refractivity contribution in [3.8, 4) is 11.5 Å². The second-order valence-corrected chi connectivity index (χ2v) is 7.65. The number of methoxy groups -OCH3 is 2. The molecule has 0 saturated carbocycles. The minimum Gasteiger partial charge on any atom is -0.493 e. The number of nitrogens with zero attached hydrogens (tertiary/aromatic N) is 1. The number of amides is 1. The zero-order valence-electron chi connectivity index (χ0n) is 16.2. The highest BCUT2D eigenvalue weighted by Crippen LogP contribution is 2.43. The Morgan fingerprint density at radius 3 is 2.48 bits per heavy atom. The average Bonchev–Trinajstić information content (AvgIpc) is 3.12. The number of likely N-dealkylation sites (tertiary alicyclic amines) is 1. The first kappa shape index (κ1) is 19.5. The largest absolute Gasteiger partial charge is 0.493 e. The number of nitrogens with one attached hydrogen (secondary N) is 1. The number of carbonyl (C=O) groups is 2. The second kappa shape index (κ2) is 7.76. The first-order valence-corrected chi connectivity index (χ1v) is 9.35. The summed E-state index contributed by atoms with van der Waals surface area (Å²) in [6.45, 7) is 4.22. The van der Waals surface area contributed by atoms with Gasteiger partial charge in [0, 0.05) is 30.0 Å². The molecule has 2 aliphatic rings. The fourth-order valence-electron chi connectivity index (χ4n) is 4.31. The number of ether oxygens (including phenoxy) is 2. The van der Waals surface area contributed by atoms with Gasteiger partial charge in [0.2, 0.25) is 5.91 Å². The van der Waals surface area contributed by atoms with Crippen LogP contribution in [-0.4, -0.2) is 62.3 Å². The minimum atomic E-state index is -0.893. The van der Waals surface area contributed by atoms with E-state index in [4.69, 9.17) is 9.47 Å². The SMILES string of the molecule is COc1cccc(C2CN(C(=O)C3(C)CCNCC3)CC2C(=O)O)c1OC. The summed E-state index contributed by atoms with van der Waals surface area (Å²) >= 11 is 0. The summed E-state index contributed by atoms with van der Waals surface area (Å²) in [4.78, 5) is 26.9. The molecule has 7 heteroatoms. The Kier molecular flexibility index (Phi) is 5.60. The molecule has 148 valence electrons. The average molecular weight is 376 g/mol. The molecule has 0 aliphatic carbocycles. The molecule has 1 amide bonds. The molecule has 2 aliphatic heterocycles. The smallest absolute Gasteiger partial charge is 0.308 e. The van der Waals surface area contributed by atoms with E-state index in [0.717, 1.165) is 31.5 Å². The van der Waals surface area contributed by atoms with E-state index in [-0.39, 0.29) is 18.4 Å². The van der Waals surface area contributed by atoms with Crippen molar-refractivity contribution in [3.05, 3.63) is 23.8 Å². The normalized spacial score (nSPS) is 24.5.